The number of non-ortho nitro benzene ring substituents is 1. The van der Waals surface area contributed by atoms with Crippen LogP contribution in [0.25, 0.3) is 0 Å². The molecule has 0 radical (unpaired) electrons. The van der Waals surface area contributed by atoms with Crippen LogP contribution in [0.2, 0.25) is 0 Å². The van der Waals surface area contributed by atoms with Gasteiger partial charge in [0.1, 0.15) is 6.23 Å². The summed E-state index contributed by atoms with van der Waals surface area (Å²) >= 11 is 0. The van der Waals surface area contributed by atoms with Crippen LogP contribution in [0, 0.1) is 10.1 Å². The lowest BCUT2D eigenvalue weighted by atomic mass is 10.1. The van der Waals surface area contributed by atoms with Gasteiger partial charge >= 0.3 is 0 Å². The lowest BCUT2D eigenvalue weighted by molar-refractivity contribution is -0.384. The highest BCUT2D eigenvalue weighted by molar-refractivity contribution is 5.32. The van der Waals surface area contributed by atoms with Crippen molar-refractivity contribution >= 4 is 5.69 Å². The Morgan fingerprint density at radius 3 is 2.31 bits per heavy atom. The molecule has 88 valence electrons. The fraction of sp³-hybridized carbons (Fsp3) is 0.400. The lowest BCUT2D eigenvalue weighted by Crippen LogP contribution is -2.34. The number of hydrogen-bond donors (Lipinski definition) is 3. The second-order valence-corrected chi connectivity index (χ2v) is 3.52. The van der Waals surface area contributed by atoms with Crippen LogP contribution in [0.1, 0.15) is 12.0 Å². The van der Waals surface area contributed by atoms with Gasteiger partial charge in [0.15, 0.2) is 0 Å². The van der Waals surface area contributed by atoms with Crippen molar-refractivity contribution in [2.24, 2.45) is 5.73 Å². The summed E-state index contributed by atoms with van der Waals surface area (Å²) in [6.07, 6.45) is -1.41. The maximum Gasteiger partial charge on any atom is 0.269 e. The summed E-state index contributed by atoms with van der Waals surface area (Å²) in [6, 6.07) is 6.04. The molecule has 0 aliphatic carbocycles. The minimum absolute atomic E-state index is 0.0307. The van der Waals surface area contributed by atoms with Crippen molar-refractivity contribution in [1.29, 1.82) is 0 Å². The molecule has 0 amide bonds. The molecule has 1 rings (SSSR count). The van der Waals surface area contributed by atoms with E-state index >= 15 is 0 Å². The largest absolute Gasteiger partial charge is 0.389 e. The van der Waals surface area contributed by atoms with Gasteiger partial charge in [-0.25, -0.2) is 0 Å². The standard InChI is InChI=1S/C10H14N2O4/c11-10(14)9(13)6-3-7-1-4-8(5-2-7)12(15)16/h1-2,4-5,9-10,13-14H,3,6,11H2. The summed E-state index contributed by atoms with van der Waals surface area (Å²) in [5, 5.41) is 28.5. The molecule has 0 aliphatic rings. The number of aliphatic hydroxyl groups is 2. The van der Waals surface area contributed by atoms with E-state index in [1.165, 1.54) is 12.1 Å². The topological polar surface area (TPSA) is 110 Å². The fourth-order valence-electron chi connectivity index (χ4n) is 1.27. The van der Waals surface area contributed by atoms with Gasteiger partial charge in [-0.15, -0.1) is 0 Å². The minimum Gasteiger partial charge on any atom is -0.389 e. The van der Waals surface area contributed by atoms with Gasteiger partial charge in [0.25, 0.3) is 5.69 Å². The van der Waals surface area contributed by atoms with E-state index in [1.54, 1.807) is 12.1 Å². The predicted octanol–water partition coefficient (Wildman–Crippen LogP) is 0.165. The molecule has 0 saturated heterocycles. The van der Waals surface area contributed by atoms with Crippen molar-refractivity contribution in [3.05, 3.63) is 39.9 Å². The summed E-state index contributed by atoms with van der Waals surface area (Å²) in [5.41, 5.74) is 5.96. The molecule has 0 fully saturated rings. The van der Waals surface area contributed by atoms with Crippen molar-refractivity contribution in [2.45, 2.75) is 25.2 Å². The quantitative estimate of drug-likeness (QED) is 0.376. The molecule has 6 heteroatoms. The summed E-state index contributed by atoms with van der Waals surface area (Å²) in [5.74, 6) is 0. The number of benzene rings is 1. The van der Waals surface area contributed by atoms with Crippen molar-refractivity contribution in [3.8, 4) is 0 Å². The molecular weight excluding hydrogens is 212 g/mol. The van der Waals surface area contributed by atoms with E-state index in [9.17, 15) is 15.2 Å². The third kappa shape index (κ3) is 3.58. The number of rotatable bonds is 5. The molecule has 2 unspecified atom stereocenters. The van der Waals surface area contributed by atoms with Crippen LogP contribution < -0.4 is 5.73 Å². The summed E-state index contributed by atoms with van der Waals surface area (Å²) < 4.78 is 0. The Labute approximate surface area is 92.5 Å². The van der Waals surface area contributed by atoms with Crippen LogP contribution in [0.3, 0.4) is 0 Å². The first-order valence-corrected chi connectivity index (χ1v) is 4.85. The van der Waals surface area contributed by atoms with Crippen molar-refractivity contribution in [1.82, 2.24) is 0 Å². The number of aliphatic hydroxyl groups excluding tert-OH is 2. The summed E-state index contributed by atoms with van der Waals surface area (Å²) in [4.78, 5) is 9.91. The monoisotopic (exact) mass is 226 g/mol. The number of hydrogen-bond acceptors (Lipinski definition) is 5. The predicted molar refractivity (Wildman–Crippen MR) is 57.6 cm³/mol. The third-order valence-corrected chi connectivity index (χ3v) is 2.27. The molecule has 4 N–H and O–H groups in total. The molecule has 0 heterocycles. The number of nitrogens with two attached hydrogens (primary N) is 1. The van der Waals surface area contributed by atoms with Crippen LogP contribution in [-0.2, 0) is 6.42 Å². The maximum absolute atomic E-state index is 10.4. The lowest BCUT2D eigenvalue weighted by Gasteiger charge is -2.12. The first-order valence-electron chi connectivity index (χ1n) is 4.85. The maximum atomic E-state index is 10.4. The van der Waals surface area contributed by atoms with E-state index in [0.717, 1.165) is 5.56 Å². The van der Waals surface area contributed by atoms with Gasteiger partial charge in [0.2, 0.25) is 0 Å². The zero-order valence-electron chi connectivity index (χ0n) is 8.61. The van der Waals surface area contributed by atoms with E-state index in [2.05, 4.69) is 0 Å². The highest BCUT2D eigenvalue weighted by Gasteiger charge is 2.11. The Balaban J connectivity index is 2.53. The van der Waals surface area contributed by atoms with E-state index in [-0.39, 0.29) is 5.69 Å². The van der Waals surface area contributed by atoms with Crippen molar-refractivity contribution in [2.75, 3.05) is 0 Å². The molecule has 1 aromatic carbocycles. The first-order chi connectivity index (χ1) is 7.50. The highest BCUT2D eigenvalue weighted by Crippen LogP contribution is 2.13. The average molecular weight is 226 g/mol. The van der Waals surface area contributed by atoms with Crippen LogP contribution in [-0.4, -0.2) is 27.5 Å². The molecule has 6 nitrogen and oxygen atoms in total. The van der Waals surface area contributed by atoms with Crippen LogP contribution in [0.15, 0.2) is 24.3 Å². The zero-order valence-corrected chi connectivity index (χ0v) is 8.61. The van der Waals surface area contributed by atoms with E-state index in [4.69, 9.17) is 10.8 Å². The Morgan fingerprint density at radius 2 is 1.88 bits per heavy atom. The van der Waals surface area contributed by atoms with Gasteiger partial charge < -0.3 is 15.9 Å². The minimum atomic E-state index is -1.25. The third-order valence-electron chi connectivity index (χ3n) is 2.27. The number of nitro benzene ring substituents is 1. The smallest absolute Gasteiger partial charge is 0.269 e. The van der Waals surface area contributed by atoms with Gasteiger partial charge in [0, 0.05) is 12.1 Å². The molecule has 0 aliphatic heterocycles. The molecule has 0 aromatic heterocycles. The van der Waals surface area contributed by atoms with E-state index in [0.29, 0.717) is 12.8 Å². The Hall–Kier alpha value is -1.50. The Bertz CT molecular complexity index is 350. The van der Waals surface area contributed by atoms with E-state index < -0.39 is 17.3 Å². The molecule has 2 atom stereocenters. The Kier molecular flexibility index (Phi) is 4.36. The van der Waals surface area contributed by atoms with Crippen molar-refractivity contribution in [3.63, 3.8) is 0 Å². The summed E-state index contributed by atoms with van der Waals surface area (Å²) in [7, 11) is 0. The van der Waals surface area contributed by atoms with E-state index in [1.807, 2.05) is 0 Å². The number of nitrogens with zero attached hydrogens (tertiary/aromatic N) is 1. The Morgan fingerprint density at radius 1 is 1.31 bits per heavy atom. The zero-order chi connectivity index (χ0) is 12.1. The SMILES string of the molecule is NC(O)C(O)CCc1ccc([N+](=O)[O-])cc1. The number of aryl methyl sites for hydroxylation is 1. The second-order valence-electron chi connectivity index (χ2n) is 3.52. The molecule has 0 saturated carbocycles. The summed E-state index contributed by atoms with van der Waals surface area (Å²) in [6.45, 7) is 0. The fourth-order valence-corrected chi connectivity index (χ4v) is 1.27. The number of nitro groups is 1. The van der Waals surface area contributed by atoms with Crippen molar-refractivity contribution < 1.29 is 15.1 Å². The van der Waals surface area contributed by atoms with Gasteiger partial charge in [-0.1, -0.05) is 12.1 Å². The highest BCUT2D eigenvalue weighted by atomic mass is 16.6. The van der Waals surface area contributed by atoms with Gasteiger partial charge in [-0.05, 0) is 18.4 Å². The molecular formula is C10H14N2O4. The molecule has 0 bridgehead atoms. The van der Waals surface area contributed by atoms with Crippen LogP contribution in [0.5, 0.6) is 0 Å². The van der Waals surface area contributed by atoms with Gasteiger partial charge in [0.05, 0.1) is 11.0 Å². The second kappa shape index (κ2) is 5.55. The molecule has 16 heavy (non-hydrogen) atoms. The van der Waals surface area contributed by atoms with Crippen LogP contribution in [0.4, 0.5) is 5.69 Å². The molecule has 1 aromatic rings. The first kappa shape index (κ1) is 12.6. The van der Waals surface area contributed by atoms with Gasteiger partial charge in [-0.2, -0.15) is 0 Å². The molecule has 0 spiro atoms. The average Bonchev–Trinajstić information content (AvgIpc) is 2.26. The van der Waals surface area contributed by atoms with Crippen LogP contribution >= 0.6 is 0 Å². The van der Waals surface area contributed by atoms with Gasteiger partial charge in [-0.3, -0.25) is 10.1 Å². The normalized spacial score (nSPS) is 14.4.